The maximum absolute atomic E-state index is 12.1. The Labute approximate surface area is 141 Å². The number of benzene rings is 1. The average molecular weight is 343 g/mol. The number of amides is 1. The minimum atomic E-state index is -0.595. The van der Waals surface area contributed by atoms with Gasteiger partial charge in [0.2, 0.25) is 5.91 Å². The van der Waals surface area contributed by atoms with Crippen LogP contribution in [0.1, 0.15) is 20.8 Å². The average Bonchev–Trinajstić information content (AvgIpc) is 2.90. The second kappa shape index (κ2) is 7.13. The van der Waals surface area contributed by atoms with Crippen molar-refractivity contribution >= 4 is 35.6 Å². The third-order valence-electron chi connectivity index (χ3n) is 3.18. The molecule has 1 atom stereocenters. The highest BCUT2D eigenvalue weighted by molar-refractivity contribution is 6.32. The van der Waals surface area contributed by atoms with Crippen LogP contribution in [0.25, 0.3) is 5.69 Å². The van der Waals surface area contributed by atoms with Crippen molar-refractivity contribution in [1.29, 1.82) is 0 Å². The molecule has 0 bridgehead atoms. The van der Waals surface area contributed by atoms with Gasteiger partial charge < -0.3 is 11.1 Å². The molecule has 22 heavy (non-hydrogen) atoms. The summed E-state index contributed by atoms with van der Waals surface area (Å²) in [5, 5.41) is 7.41. The first-order chi connectivity index (χ1) is 9.79. The van der Waals surface area contributed by atoms with Crippen molar-refractivity contribution < 1.29 is 4.79 Å². The van der Waals surface area contributed by atoms with Crippen LogP contribution >= 0.6 is 24.0 Å². The fraction of sp³-hybridized carbons (Fsp3) is 0.333. The first-order valence-electron chi connectivity index (χ1n) is 6.65. The Kier molecular flexibility index (Phi) is 6.00. The van der Waals surface area contributed by atoms with Gasteiger partial charge in [-0.2, -0.15) is 5.10 Å². The van der Waals surface area contributed by atoms with Crippen LogP contribution in [0.3, 0.4) is 0 Å². The summed E-state index contributed by atoms with van der Waals surface area (Å²) in [4.78, 5) is 12.1. The predicted octanol–water partition coefficient (Wildman–Crippen LogP) is 3.26. The smallest absolute Gasteiger partial charge is 0.241 e. The minimum Gasteiger partial charge on any atom is -0.325 e. The van der Waals surface area contributed by atoms with E-state index in [1.54, 1.807) is 35.3 Å². The molecule has 120 valence electrons. The third kappa shape index (κ3) is 4.22. The molecular weight excluding hydrogens is 323 g/mol. The van der Waals surface area contributed by atoms with E-state index in [-0.39, 0.29) is 23.7 Å². The van der Waals surface area contributed by atoms with E-state index in [1.165, 1.54) is 0 Å². The molecule has 3 N–H and O–H groups in total. The van der Waals surface area contributed by atoms with Crippen LogP contribution in [0.5, 0.6) is 0 Å². The van der Waals surface area contributed by atoms with Crippen LogP contribution in [0, 0.1) is 5.41 Å². The van der Waals surface area contributed by atoms with Gasteiger partial charge in [-0.05, 0) is 29.7 Å². The van der Waals surface area contributed by atoms with Gasteiger partial charge in [0, 0.05) is 18.1 Å². The van der Waals surface area contributed by atoms with E-state index >= 15 is 0 Å². The van der Waals surface area contributed by atoms with Gasteiger partial charge in [-0.15, -0.1) is 12.4 Å². The van der Waals surface area contributed by atoms with E-state index < -0.39 is 6.04 Å². The summed E-state index contributed by atoms with van der Waals surface area (Å²) in [6, 6.07) is 6.48. The lowest BCUT2D eigenvalue weighted by Gasteiger charge is -2.25. The van der Waals surface area contributed by atoms with E-state index in [2.05, 4.69) is 10.4 Å². The number of aromatic nitrogens is 2. The first-order valence-corrected chi connectivity index (χ1v) is 7.03. The standard InChI is InChI=1S/C15H19ClN4O.ClH/c1-15(2,3)13(17)14(21)19-10-5-6-12(11(16)9-10)20-8-4-7-18-20;/h4-9,13H,17H2,1-3H3,(H,19,21);1H/t13-;/m1./s1. The topological polar surface area (TPSA) is 72.9 Å². The van der Waals surface area contributed by atoms with Crippen LogP contribution < -0.4 is 11.1 Å². The molecule has 1 aromatic heterocycles. The molecular formula is C15H20Cl2N4O. The van der Waals surface area contributed by atoms with Gasteiger partial charge in [-0.25, -0.2) is 4.68 Å². The van der Waals surface area contributed by atoms with Gasteiger partial charge >= 0.3 is 0 Å². The zero-order valence-corrected chi connectivity index (χ0v) is 14.3. The summed E-state index contributed by atoms with van der Waals surface area (Å²) < 4.78 is 1.66. The molecule has 1 heterocycles. The van der Waals surface area contributed by atoms with E-state index in [0.29, 0.717) is 10.7 Å². The lowest BCUT2D eigenvalue weighted by atomic mass is 9.87. The molecule has 0 spiro atoms. The lowest BCUT2D eigenvalue weighted by molar-refractivity contribution is -0.119. The predicted molar refractivity (Wildman–Crippen MR) is 91.9 cm³/mol. The van der Waals surface area contributed by atoms with Crippen LogP contribution in [0.15, 0.2) is 36.7 Å². The summed E-state index contributed by atoms with van der Waals surface area (Å²) in [7, 11) is 0. The molecule has 2 rings (SSSR count). The molecule has 2 aromatic rings. The van der Waals surface area contributed by atoms with Crippen molar-refractivity contribution in [3.63, 3.8) is 0 Å². The maximum Gasteiger partial charge on any atom is 0.241 e. The number of rotatable bonds is 3. The van der Waals surface area contributed by atoms with Gasteiger partial charge in [-0.3, -0.25) is 4.79 Å². The number of hydrogen-bond acceptors (Lipinski definition) is 3. The van der Waals surface area contributed by atoms with Crippen LogP contribution in [0.4, 0.5) is 5.69 Å². The molecule has 0 aliphatic rings. The van der Waals surface area contributed by atoms with Crippen molar-refractivity contribution in [3.05, 3.63) is 41.7 Å². The van der Waals surface area contributed by atoms with Crippen LogP contribution in [0.2, 0.25) is 5.02 Å². The van der Waals surface area contributed by atoms with Crippen molar-refractivity contribution in [2.24, 2.45) is 11.1 Å². The molecule has 0 aliphatic carbocycles. The number of nitrogens with one attached hydrogen (secondary N) is 1. The van der Waals surface area contributed by atoms with Gasteiger partial charge in [0.25, 0.3) is 0 Å². The summed E-state index contributed by atoms with van der Waals surface area (Å²) >= 11 is 6.23. The fourth-order valence-electron chi connectivity index (χ4n) is 1.80. The fourth-order valence-corrected chi connectivity index (χ4v) is 2.06. The summed E-state index contributed by atoms with van der Waals surface area (Å²) in [6.07, 6.45) is 3.48. The quantitative estimate of drug-likeness (QED) is 0.898. The van der Waals surface area contributed by atoms with E-state index in [4.69, 9.17) is 17.3 Å². The Morgan fingerprint density at radius 3 is 2.59 bits per heavy atom. The maximum atomic E-state index is 12.1. The number of halogens is 2. The Balaban J connectivity index is 0.00000242. The molecule has 0 aliphatic heterocycles. The number of anilines is 1. The summed E-state index contributed by atoms with van der Waals surface area (Å²) in [5.74, 6) is -0.231. The highest BCUT2D eigenvalue weighted by Gasteiger charge is 2.27. The Morgan fingerprint density at radius 2 is 2.09 bits per heavy atom. The number of carbonyl (C=O) groups excluding carboxylic acids is 1. The normalized spacial score (nSPS) is 12.4. The second-order valence-electron chi connectivity index (χ2n) is 5.95. The number of hydrogen-bond donors (Lipinski definition) is 2. The SMILES string of the molecule is CC(C)(C)[C@H](N)C(=O)Nc1ccc(-n2cccn2)c(Cl)c1.Cl. The number of nitrogens with zero attached hydrogens (tertiary/aromatic N) is 2. The van der Waals surface area contributed by atoms with Gasteiger partial charge in [0.1, 0.15) is 0 Å². The molecule has 0 saturated carbocycles. The minimum absolute atomic E-state index is 0. The molecule has 1 aromatic carbocycles. The molecule has 0 unspecified atom stereocenters. The van der Waals surface area contributed by atoms with Crippen LogP contribution in [-0.2, 0) is 4.79 Å². The molecule has 0 fully saturated rings. The first kappa shape index (κ1) is 18.5. The molecule has 0 saturated heterocycles. The van der Waals surface area contributed by atoms with Crippen molar-refractivity contribution in [2.45, 2.75) is 26.8 Å². The highest BCUT2D eigenvalue weighted by atomic mass is 35.5. The van der Waals surface area contributed by atoms with Gasteiger partial charge in [-0.1, -0.05) is 32.4 Å². The van der Waals surface area contributed by atoms with Crippen molar-refractivity contribution in [1.82, 2.24) is 9.78 Å². The highest BCUT2D eigenvalue weighted by Crippen LogP contribution is 2.25. The summed E-state index contributed by atoms with van der Waals surface area (Å²) in [5.41, 5.74) is 6.99. The summed E-state index contributed by atoms with van der Waals surface area (Å²) in [6.45, 7) is 5.76. The zero-order chi connectivity index (χ0) is 15.6. The molecule has 5 nitrogen and oxygen atoms in total. The third-order valence-corrected chi connectivity index (χ3v) is 3.48. The Morgan fingerprint density at radius 1 is 1.41 bits per heavy atom. The Hall–Kier alpha value is -1.56. The zero-order valence-electron chi connectivity index (χ0n) is 12.7. The van der Waals surface area contributed by atoms with E-state index in [1.807, 2.05) is 26.8 Å². The van der Waals surface area contributed by atoms with E-state index in [0.717, 1.165) is 5.69 Å². The van der Waals surface area contributed by atoms with Crippen molar-refractivity contribution in [3.8, 4) is 5.69 Å². The van der Waals surface area contributed by atoms with E-state index in [9.17, 15) is 4.79 Å². The molecule has 7 heteroatoms. The molecule has 0 radical (unpaired) electrons. The largest absolute Gasteiger partial charge is 0.325 e. The second-order valence-corrected chi connectivity index (χ2v) is 6.36. The van der Waals surface area contributed by atoms with Crippen LogP contribution in [-0.4, -0.2) is 21.7 Å². The van der Waals surface area contributed by atoms with Gasteiger partial charge in [0.05, 0.1) is 16.8 Å². The Bertz CT molecular complexity index is 635. The van der Waals surface area contributed by atoms with Crippen molar-refractivity contribution in [2.75, 3.05) is 5.32 Å². The monoisotopic (exact) mass is 342 g/mol. The number of nitrogens with two attached hydrogens (primary N) is 1. The number of carbonyl (C=O) groups is 1. The molecule has 1 amide bonds. The van der Waals surface area contributed by atoms with Gasteiger partial charge in [0.15, 0.2) is 0 Å². The lowest BCUT2D eigenvalue weighted by Crippen LogP contribution is -2.45.